The number of amides is 3. The summed E-state index contributed by atoms with van der Waals surface area (Å²) in [6.07, 6.45) is 4.40. The Labute approximate surface area is 333 Å². The zero-order chi connectivity index (χ0) is 39.2. The predicted octanol–water partition coefficient (Wildman–Crippen LogP) is 5.08. The number of Topliss-reactive ketones (excluding diaryl/α,β-unsaturated/α-hetero) is 1. The smallest absolute Gasteiger partial charge is 0.249 e. The van der Waals surface area contributed by atoms with E-state index in [0.717, 1.165) is 37.4 Å². The van der Waals surface area contributed by atoms with Crippen molar-refractivity contribution in [1.82, 2.24) is 30.1 Å². The van der Waals surface area contributed by atoms with E-state index in [2.05, 4.69) is 69.1 Å². The highest BCUT2D eigenvalue weighted by Crippen LogP contribution is 2.32. The van der Waals surface area contributed by atoms with Crippen molar-refractivity contribution in [2.45, 2.75) is 44.6 Å². The van der Waals surface area contributed by atoms with Gasteiger partial charge in [-0.2, -0.15) is 9.97 Å². The average Bonchev–Trinajstić information content (AvgIpc) is 3.21. The number of carbonyl (C=O) groups excluding carboxylic acids is 4. The molecule has 3 fully saturated rings. The standard InChI is InChI=1S/C40H45BrN10O5/c1-25(52)29-5-3-4-6-31(29)44-37-30(41)23-42-40(48-37)45-33-11-13-34(46-39(33)56-2)50-19-21-51(22-20-50)36(54)24-49-17-15-27(16-18-49)26-7-9-28(10-8-26)43-32-12-14-35(53)47-38(32)55/h3-11,13,23,27,32,43H,12,14-22,24H2,1-2H3,(H,47,53,55)(H2,42,44,45,48). The minimum atomic E-state index is -0.402. The molecule has 0 radical (unpaired) electrons. The number of halogens is 1. The van der Waals surface area contributed by atoms with Crippen molar-refractivity contribution in [2.75, 3.05) is 73.8 Å². The molecule has 0 spiro atoms. The molecule has 4 aromatic rings. The first-order valence-electron chi connectivity index (χ1n) is 18.8. The van der Waals surface area contributed by atoms with E-state index in [1.165, 1.54) is 12.5 Å². The van der Waals surface area contributed by atoms with Crippen LogP contribution in [0.15, 0.2) is 71.3 Å². The zero-order valence-corrected chi connectivity index (χ0v) is 33.0. The molecule has 292 valence electrons. The molecule has 16 heteroatoms. The van der Waals surface area contributed by atoms with Crippen LogP contribution in [0.25, 0.3) is 0 Å². The van der Waals surface area contributed by atoms with Gasteiger partial charge in [-0.1, -0.05) is 24.3 Å². The summed E-state index contributed by atoms with van der Waals surface area (Å²) < 4.78 is 6.28. The van der Waals surface area contributed by atoms with Crippen LogP contribution in [0, 0.1) is 0 Å². The zero-order valence-electron chi connectivity index (χ0n) is 31.4. The molecule has 1 atom stereocenters. The second-order valence-corrected chi connectivity index (χ2v) is 15.0. The summed E-state index contributed by atoms with van der Waals surface area (Å²) in [5, 5.41) is 12.0. The van der Waals surface area contributed by atoms with Gasteiger partial charge in [0.05, 0.1) is 23.8 Å². The van der Waals surface area contributed by atoms with Crippen LogP contribution in [0.3, 0.4) is 0 Å². The number of carbonyl (C=O) groups is 4. The molecule has 4 N–H and O–H groups in total. The fourth-order valence-electron chi connectivity index (χ4n) is 7.30. The van der Waals surface area contributed by atoms with Crippen LogP contribution < -0.4 is 30.9 Å². The van der Waals surface area contributed by atoms with E-state index < -0.39 is 6.04 Å². The Bertz CT molecular complexity index is 2080. The van der Waals surface area contributed by atoms with Gasteiger partial charge in [0, 0.05) is 50.0 Å². The number of hydrogen-bond donors (Lipinski definition) is 4. The Morgan fingerprint density at radius 2 is 1.64 bits per heavy atom. The first kappa shape index (κ1) is 38.7. The molecule has 0 saturated carbocycles. The number of piperazine rings is 1. The topological polar surface area (TPSA) is 174 Å². The van der Waals surface area contributed by atoms with Crippen LogP contribution in [0.1, 0.15) is 54.4 Å². The first-order valence-corrected chi connectivity index (χ1v) is 19.6. The van der Waals surface area contributed by atoms with Crippen LogP contribution in [-0.4, -0.2) is 107 Å². The molecule has 0 aliphatic carbocycles. The van der Waals surface area contributed by atoms with Crippen molar-refractivity contribution in [1.29, 1.82) is 0 Å². The van der Waals surface area contributed by atoms with Crippen molar-refractivity contribution in [3.63, 3.8) is 0 Å². The van der Waals surface area contributed by atoms with E-state index in [9.17, 15) is 19.2 Å². The van der Waals surface area contributed by atoms with E-state index in [0.29, 0.717) is 90.5 Å². The van der Waals surface area contributed by atoms with E-state index in [4.69, 9.17) is 9.72 Å². The number of ether oxygens (including phenoxy) is 1. The van der Waals surface area contributed by atoms with Crippen LogP contribution in [0.4, 0.5) is 34.6 Å². The van der Waals surface area contributed by atoms with Crippen molar-refractivity contribution in [2.24, 2.45) is 0 Å². The minimum Gasteiger partial charge on any atom is -0.479 e. The summed E-state index contributed by atoms with van der Waals surface area (Å²) >= 11 is 3.49. The van der Waals surface area contributed by atoms with Crippen LogP contribution in [0.5, 0.6) is 5.88 Å². The summed E-state index contributed by atoms with van der Waals surface area (Å²) in [4.78, 5) is 69.1. The number of nitrogens with zero attached hydrogens (tertiary/aromatic N) is 6. The Hall–Kier alpha value is -5.61. The second kappa shape index (κ2) is 17.5. The van der Waals surface area contributed by atoms with Gasteiger partial charge in [-0.25, -0.2) is 4.98 Å². The Balaban J connectivity index is 0.876. The van der Waals surface area contributed by atoms with Crippen LogP contribution in [-0.2, 0) is 14.4 Å². The number of ketones is 1. The van der Waals surface area contributed by atoms with Crippen molar-refractivity contribution in [3.05, 3.63) is 82.5 Å². The van der Waals surface area contributed by atoms with E-state index in [1.807, 2.05) is 47.4 Å². The predicted molar refractivity (Wildman–Crippen MR) is 217 cm³/mol. The number of piperidine rings is 2. The lowest BCUT2D eigenvalue weighted by Crippen LogP contribution is -2.52. The maximum absolute atomic E-state index is 13.3. The fraction of sp³-hybridized carbons (Fsp3) is 0.375. The van der Waals surface area contributed by atoms with Crippen molar-refractivity contribution in [3.8, 4) is 5.88 Å². The molecule has 1 unspecified atom stereocenters. The molecule has 3 saturated heterocycles. The van der Waals surface area contributed by atoms with Crippen LogP contribution >= 0.6 is 15.9 Å². The summed E-state index contributed by atoms with van der Waals surface area (Å²) in [5.41, 5.74) is 3.90. The van der Waals surface area contributed by atoms with Gasteiger partial charge in [-0.15, -0.1) is 0 Å². The molecule has 3 aliphatic rings. The van der Waals surface area contributed by atoms with Gasteiger partial charge < -0.3 is 30.5 Å². The van der Waals surface area contributed by atoms with E-state index >= 15 is 0 Å². The largest absolute Gasteiger partial charge is 0.479 e. The second-order valence-electron chi connectivity index (χ2n) is 14.2. The van der Waals surface area contributed by atoms with Gasteiger partial charge in [0.1, 0.15) is 23.4 Å². The maximum atomic E-state index is 13.3. The quantitative estimate of drug-likeness (QED) is 0.110. The molecule has 15 nitrogen and oxygen atoms in total. The van der Waals surface area contributed by atoms with Gasteiger partial charge in [0.2, 0.25) is 29.5 Å². The lowest BCUT2D eigenvalue weighted by atomic mass is 9.89. The fourth-order valence-corrected chi connectivity index (χ4v) is 7.59. The highest BCUT2D eigenvalue weighted by molar-refractivity contribution is 9.10. The number of hydrogen-bond acceptors (Lipinski definition) is 13. The van der Waals surface area contributed by atoms with E-state index in [1.54, 1.807) is 19.4 Å². The molecule has 7 rings (SSSR count). The van der Waals surface area contributed by atoms with Gasteiger partial charge in [-0.3, -0.25) is 29.4 Å². The summed E-state index contributed by atoms with van der Waals surface area (Å²) in [6.45, 7) is 6.15. The molecular weight excluding hydrogens is 780 g/mol. The molecule has 3 aliphatic heterocycles. The SMILES string of the molecule is COc1nc(N2CCN(C(=O)CN3CCC(c4ccc(NC5CCC(=O)NC5=O)cc4)CC3)CC2)ccc1Nc1ncc(Br)c(Nc2ccccc2C(C)=O)n1. The normalized spacial score (nSPS) is 17.9. The Morgan fingerprint density at radius 3 is 2.36 bits per heavy atom. The third-order valence-corrected chi connectivity index (χ3v) is 11.0. The number of methoxy groups -OCH3 is 1. The number of rotatable bonds is 12. The molecular formula is C40H45BrN10O5. The number of aromatic nitrogens is 3. The highest BCUT2D eigenvalue weighted by atomic mass is 79.9. The number of imide groups is 1. The molecule has 56 heavy (non-hydrogen) atoms. The van der Waals surface area contributed by atoms with Crippen molar-refractivity contribution < 1.29 is 23.9 Å². The summed E-state index contributed by atoms with van der Waals surface area (Å²) in [5.74, 6) is 1.94. The maximum Gasteiger partial charge on any atom is 0.249 e. The lowest BCUT2D eigenvalue weighted by molar-refractivity contribution is -0.134. The summed E-state index contributed by atoms with van der Waals surface area (Å²) in [6, 6.07) is 18.8. The highest BCUT2D eigenvalue weighted by Gasteiger charge is 2.28. The van der Waals surface area contributed by atoms with Crippen LogP contribution in [0.2, 0.25) is 0 Å². The lowest BCUT2D eigenvalue weighted by Gasteiger charge is -2.37. The van der Waals surface area contributed by atoms with Gasteiger partial charge >= 0.3 is 0 Å². The number of likely N-dealkylation sites (tertiary alicyclic amines) is 1. The average molecular weight is 826 g/mol. The minimum absolute atomic E-state index is 0.0578. The van der Waals surface area contributed by atoms with E-state index in [-0.39, 0.29) is 23.5 Å². The third-order valence-electron chi connectivity index (χ3n) is 10.5. The number of benzene rings is 2. The van der Waals surface area contributed by atoms with Gasteiger partial charge in [0.25, 0.3) is 0 Å². The van der Waals surface area contributed by atoms with Gasteiger partial charge in [-0.05, 0) is 103 Å². The summed E-state index contributed by atoms with van der Waals surface area (Å²) in [7, 11) is 1.56. The monoisotopic (exact) mass is 824 g/mol. The third kappa shape index (κ3) is 9.25. The first-order chi connectivity index (χ1) is 27.1. The van der Waals surface area contributed by atoms with Gasteiger partial charge in [0.15, 0.2) is 5.78 Å². The molecule has 2 aromatic heterocycles. The molecule has 3 amide bonds. The van der Waals surface area contributed by atoms with Crippen molar-refractivity contribution >= 4 is 74.1 Å². The number of nitrogens with one attached hydrogen (secondary N) is 4. The molecule has 0 bridgehead atoms. The number of pyridine rings is 1. The number of para-hydroxylation sites is 1. The Kier molecular flexibility index (Phi) is 12.1. The Morgan fingerprint density at radius 1 is 0.893 bits per heavy atom. The molecule has 5 heterocycles. The number of anilines is 6. The molecule has 2 aromatic carbocycles.